The van der Waals surface area contributed by atoms with Gasteiger partial charge in [-0.15, -0.1) is 0 Å². The van der Waals surface area contributed by atoms with E-state index in [0.717, 1.165) is 79.3 Å². The molecule has 10 heteroatoms. The van der Waals surface area contributed by atoms with Crippen LogP contribution in [-0.2, 0) is 12.4 Å². The molecule has 0 bridgehead atoms. The Morgan fingerprint density at radius 3 is 1.19 bits per heavy atom. The Bertz CT molecular complexity index is 1630. The molecule has 0 spiro atoms. The number of halogens is 6. The standard InChI is InChI=1S/C19H18F3NO.C18H16F3NO/c1-2-3-4-13-24-17-10-7-15(8-11-17)5-6-16-9-12-18(23-14-16)19(20,21)22;1-2-3-12-23-16-9-6-14(7-10-16)4-5-15-8-11-17(22-13-15)18(19,20)21/h7-12,14H,2-4,13H2,1H3;6-11,13H,2-3,12H2,1H3. The summed E-state index contributed by atoms with van der Waals surface area (Å²) in [5.41, 5.74) is 0.543. The molecular formula is C37H34F6N2O2. The Hall–Kier alpha value is -4.96. The minimum atomic E-state index is -4.43. The molecule has 47 heavy (non-hydrogen) atoms. The number of ether oxygens (including phenoxy) is 2. The van der Waals surface area contributed by atoms with Crippen LogP contribution in [0.4, 0.5) is 26.3 Å². The molecule has 2 aromatic carbocycles. The molecule has 0 unspecified atom stereocenters. The summed E-state index contributed by atoms with van der Waals surface area (Å²) >= 11 is 0. The highest BCUT2D eigenvalue weighted by atomic mass is 19.4. The lowest BCUT2D eigenvalue weighted by Crippen LogP contribution is -2.07. The van der Waals surface area contributed by atoms with Gasteiger partial charge in [0.2, 0.25) is 0 Å². The molecule has 2 aromatic heterocycles. The summed E-state index contributed by atoms with van der Waals surface area (Å²) in [6, 6.07) is 19.1. The average molecular weight is 653 g/mol. The van der Waals surface area contributed by atoms with Crippen LogP contribution in [0.2, 0.25) is 0 Å². The second kappa shape index (κ2) is 18.3. The molecule has 0 N–H and O–H groups in total. The summed E-state index contributed by atoms with van der Waals surface area (Å²) < 4.78 is 85.7. The van der Waals surface area contributed by atoms with Crippen LogP contribution >= 0.6 is 0 Å². The number of aromatic nitrogens is 2. The zero-order chi connectivity index (χ0) is 34.1. The Balaban J connectivity index is 0.000000256. The molecule has 4 nitrogen and oxygen atoms in total. The first-order valence-corrected chi connectivity index (χ1v) is 15.0. The Morgan fingerprint density at radius 2 is 0.851 bits per heavy atom. The largest absolute Gasteiger partial charge is 0.494 e. The first-order chi connectivity index (χ1) is 22.5. The minimum absolute atomic E-state index is 0.432. The topological polar surface area (TPSA) is 44.2 Å². The number of rotatable bonds is 9. The van der Waals surface area contributed by atoms with Gasteiger partial charge in [-0.2, -0.15) is 26.3 Å². The zero-order valence-corrected chi connectivity index (χ0v) is 26.0. The molecule has 2 heterocycles. The molecule has 0 aliphatic heterocycles. The molecule has 0 aliphatic rings. The van der Waals surface area contributed by atoms with Crippen LogP contribution in [-0.4, -0.2) is 23.2 Å². The fourth-order valence-electron chi connectivity index (χ4n) is 3.71. The molecule has 0 radical (unpaired) electrons. The number of unbranched alkanes of at least 4 members (excludes halogenated alkanes) is 3. The molecule has 0 saturated carbocycles. The molecule has 0 fully saturated rings. The number of pyridine rings is 2. The fourth-order valence-corrected chi connectivity index (χ4v) is 3.71. The van der Waals surface area contributed by atoms with Crippen molar-refractivity contribution in [2.24, 2.45) is 0 Å². The van der Waals surface area contributed by atoms with Gasteiger partial charge in [0, 0.05) is 34.6 Å². The predicted octanol–water partition coefficient (Wildman–Crippen LogP) is 9.75. The number of alkyl halides is 6. The maximum atomic E-state index is 12.4. The van der Waals surface area contributed by atoms with E-state index in [1.54, 1.807) is 0 Å². The van der Waals surface area contributed by atoms with Crippen molar-refractivity contribution in [3.8, 4) is 35.2 Å². The van der Waals surface area contributed by atoms with E-state index in [1.807, 2.05) is 48.5 Å². The van der Waals surface area contributed by atoms with Crippen LogP contribution in [0.15, 0.2) is 85.2 Å². The van der Waals surface area contributed by atoms with E-state index in [-0.39, 0.29) is 0 Å². The van der Waals surface area contributed by atoms with Crippen LogP contribution in [0.1, 0.15) is 79.6 Å². The number of hydrogen-bond donors (Lipinski definition) is 0. The molecular weight excluding hydrogens is 618 g/mol. The van der Waals surface area contributed by atoms with Crippen LogP contribution in [0.25, 0.3) is 0 Å². The highest BCUT2D eigenvalue weighted by molar-refractivity contribution is 5.45. The van der Waals surface area contributed by atoms with Gasteiger partial charge in [0.25, 0.3) is 0 Å². The summed E-state index contributed by atoms with van der Waals surface area (Å²) in [6.45, 7) is 5.60. The Labute approximate surface area is 271 Å². The summed E-state index contributed by atoms with van der Waals surface area (Å²) in [5, 5.41) is 0. The Kier molecular flexibility index (Phi) is 14.2. The molecule has 4 rings (SSSR count). The van der Waals surface area contributed by atoms with Crippen molar-refractivity contribution >= 4 is 0 Å². The van der Waals surface area contributed by atoms with Crippen molar-refractivity contribution in [1.82, 2.24) is 9.97 Å². The monoisotopic (exact) mass is 652 g/mol. The number of benzene rings is 2. The van der Waals surface area contributed by atoms with Gasteiger partial charge in [-0.3, -0.25) is 9.97 Å². The van der Waals surface area contributed by atoms with Crippen molar-refractivity contribution in [3.05, 3.63) is 119 Å². The van der Waals surface area contributed by atoms with E-state index < -0.39 is 23.7 Å². The Morgan fingerprint density at radius 1 is 0.489 bits per heavy atom. The zero-order valence-electron chi connectivity index (χ0n) is 26.0. The van der Waals surface area contributed by atoms with Gasteiger partial charge in [-0.05, 0) is 85.6 Å². The van der Waals surface area contributed by atoms with E-state index in [2.05, 4.69) is 47.5 Å². The fraction of sp³-hybridized carbons (Fsp3) is 0.297. The van der Waals surface area contributed by atoms with Crippen molar-refractivity contribution in [3.63, 3.8) is 0 Å². The highest BCUT2D eigenvalue weighted by Crippen LogP contribution is 2.28. The van der Waals surface area contributed by atoms with E-state index in [0.29, 0.717) is 24.3 Å². The first kappa shape index (κ1) is 36.5. The number of nitrogens with zero attached hydrogens (tertiary/aromatic N) is 2. The van der Waals surface area contributed by atoms with Gasteiger partial charge >= 0.3 is 12.4 Å². The summed E-state index contributed by atoms with van der Waals surface area (Å²) in [6.07, 6.45) is -1.22. The van der Waals surface area contributed by atoms with Crippen LogP contribution in [0.3, 0.4) is 0 Å². The van der Waals surface area contributed by atoms with Gasteiger partial charge in [0.05, 0.1) is 13.2 Å². The predicted molar refractivity (Wildman–Crippen MR) is 169 cm³/mol. The maximum Gasteiger partial charge on any atom is 0.433 e. The van der Waals surface area contributed by atoms with Gasteiger partial charge in [-0.1, -0.05) is 56.8 Å². The third-order valence-corrected chi connectivity index (χ3v) is 6.30. The van der Waals surface area contributed by atoms with Crippen LogP contribution in [0.5, 0.6) is 11.5 Å². The minimum Gasteiger partial charge on any atom is -0.494 e. The van der Waals surface area contributed by atoms with Gasteiger partial charge in [-0.25, -0.2) is 0 Å². The normalized spacial score (nSPS) is 10.8. The summed E-state index contributed by atoms with van der Waals surface area (Å²) in [4.78, 5) is 6.75. The quantitative estimate of drug-likeness (QED) is 0.103. The summed E-state index contributed by atoms with van der Waals surface area (Å²) in [7, 11) is 0. The first-order valence-electron chi connectivity index (χ1n) is 15.0. The maximum absolute atomic E-state index is 12.4. The van der Waals surface area contributed by atoms with Crippen molar-refractivity contribution < 1.29 is 35.8 Å². The van der Waals surface area contributed by atoms with Crippen LogP contribution < -0.4 is 9.47 Å². The average Bonchev–Trinajstić information content (AvgIpc) is 3.06. The lowest BCUT2D eigenvalue weighted by atomic mass is 10.2. The molecule has 0 aliphatic carbocycles. The molecule has 4 aromatic rings. The van der Waals surface area contributed by atoms with E-state index in [9.17, 15) is 26.3 Å². The lowest BCUT2D eigenvalue weighted by molar-refractivity contribution is -0.142. The van der Waals surface area contributed by atoms with E-state index in [1.165, 1.54) is 12.1 Å². The molecule has 246 valence electrons. The van der Waals surface area contributed by atoms with Crippen molar-refractivity contribution in [1.29, 1.82) is 0 Å². The smallest absolute Gasteiger partial charge is 0.433 e. The highest BCUT2D eigenvalue weighted by Gasteiger charge is 2.32. The van der Waals surface area contributed by atoms with Gasteiger partial charge in [0.1, 0.15) is 22.9 Å². The SMILES string of the molecule is CCCCCOc1ccc(C#Cc2ccc(C(F)(F)F)nc2)cc1.CCCCOc1ccc(C#Cc2ccc(C(F)(F)F)nc2)cc1. The van der Waals surface area contributed by atoms with Gasteiger partial charge in [0.15, 0.2) is 0 Å². The molecule has 0 atom stereocenters. The van der Waals surface area contributed by atoms with Crippen LogP contribution in [0, 0.1) is 23.7 Å². The third-order valence-electron chi connectivity index (χ3n) is 6.30. The van der Waals surface area contributed by atoms with E-state index >= 15 is 0 Å². The number of hydrogen-bond acceptors (Lipinski definition) is 4. The van der Waals surface area contributed by atoms with Crippen molar-refractivity contribution in [2.75, 3.05) is 13.2 Å². The molecule has 0 amide bonds. The lowest BCUT2D eigenvalue weighted by Gasteiger charge is -2.05. The molecule has 0 saturated heterocycles. The summed E-state index contributed by atoms with van der Waals surface area (Å²) in [5.74, 6) is 12.9. The van der Waals surface area contributed by atoms with Crippen molar-refractivity contribution in [2.45, 2.75) is 58.3 Å². The second-order valence-electron chi connectivity index (χ2n) is 10.2. The third kappa shape index (κ3) is 13.5. The van der Waals surface area contributed by atoms with Gasteiger partial charge < -0.3 is 9.47 Å². The second-order valence-corrected chi connectivity index (χ2v) is 10.2. The van der Waals surface area contributed by atoms with E-state index in [4.69, 9.17) is 9.47 Å².